The van der Waals surface area contributed by atoms with Gasteiger partial charge >= 0.3 is 0 Å². The van der Waals surface area contributed by atoms with Crippen LogP contribution in [0.2, 0.25) is 0 Å². The third kappa shape index (κ3) is 2.08. The average molecular weight is 405 g/mol. The molecule has 0 saturated carbocycles. The zero-order valence-electron chi connectivity index (χ0n) is 8.64. The first kappa shape index (κ1) is 11.5. The summed E-state index contributed by atoms with van der Waals surface area (Å²) in [6.07, 6.45) is 0.714. The van der Waals surface area contributed by atoms with E-state index in [1.807, 2.05) is 12.1 Å². The number of hydrogen-bond acceptors (Lipinski definition) is 1. The minimum Gasteiger partial charge on any atom is -0.457 e. The lowest BCUT2D eigenvalue weighted by Crippen LogP contribution is -2.04. The van der Waals surface area contributed by atoms with Gasteiger partial charge in [-0.05, 0) is 68.9 Å². The maximum Gasteiger partial charge on any atom is 0.137 e. The molecule has 0 radical (unpaired) electrons. The third-order valence-corrected chi connectivity index (χ3v) is 4.01. The summed E-state index contributed by atoms with van der Waals surface area (Å²) in [4.78, 5) is 0. The number of hydrogen-bond donors (Lipinski definition) is 0. The van der Waals surface area contributed by atoms with E-state index in [-0.39, 0.29) is 5.82 Å². The number of halogens is 3. The molecule has 17 heavy (non-hydrogen) atoms. The van der Waals surface area contributed by atoms with Crippen LogP contribution in [-0.2, 0) is 6.42 Å². The van der Waals surface area contributed by atoms with Gasteiger partial charge in [0.25, 0.3) is 0 Å². The molecule has 1 heterocycles. The first-order valence-corrected chi connectivity index (χ1v) is 6.95. The molecule has 1 aliphatic heterocycles. The van der Waals surface area contributed by atoms with Crippen molar-refractivity contribution in [3.8, 4) is 11.5 Å². The van der Waals surface area contributed by atoms with Crippen molar-refractivity contribution in [1.29, 1.82) is 0 Å². The van der Waals surface area contributed by atoms with Crippen molar-refractivity contribution in [1.82, 2.24) is 0 Å². The second kappa shape index (κ2) is 4.24. The quantitative estimate of drug-likeness (QED) is 0.485. The zero-order chi connectivity index (χ0) is 12.0. The smallest absolute Gasteiger partial charge is 0.137 e. The van der Waals surface area contributed by atoms with Crippen molar-refractivity contribution in [3.05, 3.63) is 55.3 Å². The fourth-order valence-corrected chi connectivity index (χ4v) is 2.79. The van der Waals surface area contributed by atoms with Crippen LogP contribution in [0.15, 0.2) is 34.8 Å². The lowest BCUT2D eigenvalue weighted by atomic mass is 10.0. The normalized spacial score (nSPS) is 12.6. The van der Waals surface area contributed by atoms with Gasteiger partial charge in [-0.15, -0.1) is 0 Å². The fraction of sp³-hybridized carbons (Fsp3) is 0.0769. The summed E-state index contributed by atoms with van der Waals surface area (Å²) in [6.45, 7) is 0. The van der Waals surface area contributed by atoms with Crippen LogP contribution in [0, 0.1) is 9.39 Å². The molecule has 0 fully saturated rings. The molecule has 1 aliphatic rings. The van der Waals surface area contributed by atoms with Gasteiger partial charge in [0.05, 0.1) is 4.47 Å². The highest BCUT2D eigenvalue weighted by atomic mass is 127. The lowest BCUT2D eigenvalue weighted by molar-refractivity contribution is 0.456. The van der Waals surface area contributed by atoms with Gasteiger partial charge in [-0.3, -0.25) is 0 Å². The summed E-state index contributed by atoms with van der Waals surface area (Å²) in [6, 6.07) is 9.24. The molecular formula is C13H7BrFIO. The summed E-state index contributed by atoms with van der Waals surface area (Å²) in [7, 11) is 0. The van der Waals surface area contributed by atoms with E-state index < -0.39 is 0 Å². The van der Waals surface area contributed by atoms with Gasteiger partial charge in [-0.25, -0.2) is 4.39 Å². The first-order valence-electron chi connectivity index (χ1n) is 5.08. The third-order valence-electron chi connectivity index (χ3n) is 2.73. The summed E-state index contributed by atoms with van der Waals surface area (Å²) >= 11 is 5.43. The van der Waals surface area contributed by atoms with Crippen molar-refractivity contribution in [2.75, 3.05) is 0 Å². The highest BCUT2D eigenvalue weighted by Gasteiger charge is 2.19. The Hall–Kier alpha value is -0.620. The predicted octanol–water partition coefficient (Wildman–Crippen LogP) is 4.89. The molecule has 86 valence electrons. The van der Waals surface area contributed by atoms with Gasteiger partial charge < -0.3 is 4.74 Å². The summed E-state index contributed by atoms with van der Waals surface area (Å²) in [5.41, 5.74) is 1.99. The van der Waals surface area contributed by atoms with Crippen molar-refractivity contribution in [2.24, 2.45) is 0 Å². The van der Waals surface area contributed by atoms with Crippen LogP contribution in [-0.4, -0.2) is 0 Å². The summed E-state index contributed by atoms with van der Waals surface area (Å²) in [5, 5.41) is 0. The van der Waals surface area contributed by atoms with E-state index in [0.29, 0.717) is 10.9 Å². The SMILES string of the molecule is Fc1cc2c(cc1Br)Oc1ccc(I)cc1C2. The van der Waals surface area contributed by atoms with Crippen molar-refractivity contribution in [2.45, 2.75) is 6.42 Å². The molecule has 0 saturated heterocycles. The molecule has 4 heteroatoms. The number of benzene rings is 2. The molecule has 0 N–H and O–H groups in total. The second-order valence-electron chi connectivity index (χ2n) is 3.90. The van der Waals surface area contributed by atoms with Gasteiger partial charge in [-0.2, -0.15) is 0 Å². The molecule has 0 aliphatic carbocycles. The van der Waals surface area contributed by atoms with Gasteiger partial charge in [0.15, 0.2) is 0 Å². The molecular weight excluding hydrogens is 398 g/mol. The van der Waals surface area contributed by atoms with Gasteiger partial charge in [0.1, 0.15) is 17.3 Å². The van der Waals surface area contributed by atoms with Gasteiger partial charge in [0, 0.05) is 21.1 Å². The minimum absolute atomic E-state index is 0.249. The van der Waals surface area contributed by atoms with E-state index in [2.05, 4.69) is 44.6 Å². The van der Waals surface area contributed by atoms with Crippen LogP contribution in [0.1, 0.15) is 11.1 Å². The summed E-state index contributed by atoms with van der Waals surface area (Å²) < 4.78 is 20.8. The lowest BCUT2D eigenvalue weighted by Gasteiger charge is -2.20. The Morgan fingerprint density at radius 2 is 1.88 bits per heavy atom. The maximum atomic E-state index is 13.5. The van der Waals surface area contributed by atoms with E-state index >= 15 is 0 Å². The van der Waals surface area contributed by atoms with Crippen LogP contribution in [0.25, 0.3) is 0 Å². The maximum absolute atomic E-state index is 13.5. The predicted molar refractivity (Wildman–Crippen MR) is 76.1 cm³/mol. The van der Waals surface area contributed by atoms with Crippen LogP contribution in [0.5, 0.6) is 11.5 Å². The fourth-order valence-electron chi connectivity index (χ4n) is 1.91. The standard InChI is InChI=1S/C13H7BrFIO/c14-10-6-13-8(5-11(10)15)3-7-4-9(16)1-2-12(7)17-13/h1-2,4-6H,3H2. The largest absolute Gasteiger partial charge is 0.457 e. The Kier molecular flexibility index (Phi) is 2.86. The highest BCUT2D eigenvalue weighted by molar-refractivity contribution is 14.1. The zero-order valence-corrected chi connectivity index (χ0v) is 12.4. The Morgan fingerprint density at radius 3 is 2.71 bits per heavy atom. The van der Waals surface area contributed by atoms with Crippen LogP contribution in [0.4, 0.5) is 4.39 Å². The van der Waals surface area contributed by atoms with Gasteiger partial charge in [0.2, 0.25) is 0 Å². The van der Waals surface area contributed by atoms with E-state index in [1.54, 1.807) is 6.07 Å². The monoisotopic (exact) mass is 404 g/mol. The number of ether oxygens (including phenoxy) is 1. The molecule has 0 spiro atoms. The molecule has 0 aromatic heterocycles. The van der Waals surface area contributed by atoms with Crippen molar-refractivity contribution < 1.29 is 9.13 Å². The van der Waals surface area contributed by atoms with Gasteiger partial charge in [-0.1, -0.05) is 0 Å². The van der Waals surface area contributed by atoms with Crippen molar-refractivity contribution >= 4 is 38.5 Å². The van der Waals surface area contributed by atoms with Crippen LogP contribution >= 0.6 is 38.5 Å². The topological polar surface area (TPSA) is 9.23 Å². The summed E-state index contributed by atoms with van der Waals surface area (Å²) in [5.74, 6) is 1.34. The minimum atomic E-state index is -0.249. The molecule has 3 rings (SSSR count). The van der Waals surface area contributed by atoms with E-state index in [0.717, 1.165) is 26.2 Å². The van der Waals surface area contributed by atoms with E-state index in [1.165, 1.54) is 6.07 Å². The molecule has 0 bridgehead atoms. The Bertz CT molecular complexity index is 613. The molecule has 0 unspecified atom stereocenters. The Labute approximate surface area is 120 Å². The van der Waals surface area contributed by atoms with Crippen LogP contribution in [0.3, 0.4) is 0 Å². The number of fused-ring (bicyclic) bond motifs is 2. The number of rotatable bonds is 0. The Morgan fingerprint density at radius 1 is 1.12 bits per heavy atom. The average Bonchev–Trinajstić information content (AvgIpc) is 2.28. The highest BCUT2D eigenvalue weighted by Crippen LogP contribution is 2.39. The molecule has 2 aromatic carbocycles. The first-order chi connectivity index (χ1) is 8.13. The molecule has 1 nitrogen and oxygen atoms in total. The van der Waals surface area contributed by atoms with E-state index in [4.69, 9.17) is 4.74 Å². The molecule has 0 amide bonds. The second-order valence-corrected chi connectivity index (χ2v) is 6.00. The van der Waals surface area contributed by atoms with Crippen molar-refractivity contribution in [3.63, 3.8) is 0 Å². The molecule has 0 atom stereocenters. The van der Waals surface area contributed by atoms with E-state index in [9.17, 15) is 4.39 Å². The Balaban J connectivity index is 2.11. The molecule has 2 aromatic rings. The van der Waals surface area contributed by atoms with Crippen LogP contribution < -0.4 is 4.74 Å².